The third-order valence-electron chi connectivity index (χ3n) is 3.83. The molecule has 0 saturated heterocycles. The highest BCUT2D eigenvalue weighted by Crippen LogP contribution is 2.28. The molecule has 1 aromatic rings. The molecule has 1 aliphatic rings. The maximum Gasteiger partial charge on any atom is 0.340 e. The minimum atomic E-state index is -0.931. The summed E-state index contributed by atoms with van der Waals surface area (Å²) in [7, 11) is 1.20. The fraction of sp³-hybridized carbons (Fsp3) is 0.467. The largest absolute Gasteiger partial charge is 0.465 e. The second-order valence-corrected chi connectivity index (χ2v) is 5.35. The number of carbonyl (C=O) groups is 2. The second kappa shape index (κ2) is 6.22. The van der Waals surface area contributed by atoms with Crippen LogP contribution in [0.5, 0.6) is 0 Å². The quantitative estimate of drug-likeness (QED) is 0.837. The molecule has 0 atom stereocenters. The summed E-state index contributed by atoms with van der Waals surface area (Å²) in [6.45, 7) is 0. The molecule has 0 aromatic heterocycles. The van der Waals surface area contributed by atoms with Crippen LogP contribution in [0.4, 0.5) is 10.1 Å². The summed E-state index contributed by atoms with van der Waals surface area (Å²) in [5.41, 5.74) is 5.39. The number of nitrogens with one attached hydrogen (secondary N) is 1. The van der Waals surface area contributed by atoms with Crippen molar-refractivity contribution in [1.29, 1.82) is 0 Å². The van der Waals surface area contributed by atoms with E-state index in [9.17, 15) is 14.0 Å². The van der Waals surface area contributed by atoms with Crippen molar-refractivity contribution in [3.8, 4) is 0 Å². The first-order chi connectivity index (χ1) is 9.96. The van der Waals surface area contributed by atoms with Gasteiger partial charge in [-0.25, -0.2) is 9.18 Å². The Morgan fingerprint density at radius 3 is 2.57 bits per heavy atom. The maximum absolute atomic E-state index is 13.3. The Labute approximate surface area is 122 Å². The molecule has 5 nitrogen and oxygen atoms in total. The Morgan fingerprint density at radius 1 is 1.29 bits per heavy atom. The van der Waals surface area contributed by atoms with Crippen LogP contribution in [0.15, 0.2) is 18.2 Å². The van der Waals surface area contributed by atoms with Gasteiger partial charge in [-0.3, -0.25) is 4.79 Å². The molecule has 6 heteroatoms. The normalized spacial score (nSPS) is 17.1. The van der Waals surface area contributed by atoms with Crippen LogP contribution in [0, 0.1) is 5.82 Å². The van der Waals surface area contributed by atoms with Gasteiger partial charge in [-0.05, 0) is 31.0 Å². The Kier molecular flexibility index (Phi) is 4.57. The average Bonchev–Trinajstić information content (AvgIpc) is 2.49. The summed E-state index contributed by atoms with van der Waals surface area (Å²) in [5, 5.41) is 2.63. The fourth-order valence-corrected chi connectivity index (χ4v) is 2.56. The van der Waals surface area contributed by atoms with Crippen molar-refractivity contribution in [2.75, 3.05) is 12.4 Å². The van der Waals surface area contributed by atoms with Gasteiger partial charge in [0.25, 0.3) is 0 Å². The fourth-order valence-electron chi connectivity index (χ4n) is 2.56. The molecule has 1 fully saturated rings. The molecule has 2 rings (SSSR count). The van der Waals surface area contributed by atoms with Crippen LogP contribution in [0.3, 0.4) is 0 Å². The van der Waals surface area contributed by atoms with E-state index in [2.05, 4.69) is 10.1 Å². The van der Waals surface area contributed by atoms with Gasteiger partial charge in [0.1, 0.15) is 5.82 Å². The van der Waals surface area contributed by atoms with Crippen LogP contribution in [0.25, 0.3) is 0 Å². The summed E-state index contributed by atoms with van der Waals surface area (Å²) < 4.78 is 17.9. The van der Waals surface area contributed by atoms with E-state index in [1.54, 1.807) is 0 Å². The molecule has 0 heterocycles. The molecule has 1 aliphatic carbocycles. The highest BCUT2D eigenvalue weighted by atomic mass is 19.1. The van der Waals surface area contributed by atoms with Crippen LogP contribution in [-0.2, 0) is 9.53 Å². The third kappa shape index (κ3) is 3.39. The number of rotatable bonds is 3. The molecule has 0 aliphatic heterocycles. The summed E-state index contributed by atoms with van der Waals surface area (Å²) in [5.74, 6) is -1.63. The third-order valence-corrected chi connectivity index (χ3v) is 3.83. The van der Waals surface area contributed by atoms with E-state index >= 15 is 0 Å². The molecule has 0 radical (unpaired) electrons. The van der Waals surface area contributed by atoms with Crippen LogP contribution >= 0.6 is 0 Å². The van der Waals surface area contributed by atoms with Crippen LogP contribution in [0.2, 0.25) is 0 Å². The number of hydrogen-bond donors (Lipinski definition) is 2. The number of halogens is 1. The lowest BCUT2D eigenvalue weighted by atomic mass is 9.82. The number of amides is 1. The van der Waals surface area contributed by atoms with Crippen LogP contribution < -0.4 is 11.1 Å². The Bertz CT molecular complexity index is 554. The number of nitrogens with two attached hydrogens (primary N) is 1. The molecular formula is C15H19FN2O3. The summed E-state index contributed by atoms with van der Waals surface area (Å²) >= 11 is 0. The zero-order valence-corrected chi connectivity index (χ0v) is 11.9. The maximum atomic E-state index is 13.3. The summed E-state index contributed by atoms with van der Waals surface area (Å²) in [6, 6.07) is 3.54. The van der Waals surface area contributed by atoms with Gasteiger partial charge in [0.05, 0.1) is 23.9 Å². The van der Waals surface area contributed by atoms with E-state index in [4.69, 9.17) is 5.73 Å². The molecule has 1 saturated carbocycles. The average molecular weight is 294 g/mol. The predicted molar refractivity (Wildman–Crippen MR) is 76.4 cm³/mol. The van der Waals surface area contributed by atoms with Crippen molar-refractivity contribution in [1.82, 2.24) is 0 Å². The number of hydrogen-bond acceptors (Lipinski definition) is 4. The number of benzene rings is 1. The lowest BCUT2D eigenvalue weighted by Crippen LogP contribution is -2.52. The lowest BCUT2D eigenvalue weighted by Gasteiger charge is -2.32. The van der Waals surface area contributed by atoms with E-state index in [-0.39, 0.29) is 17.2 Å². The number of esters is 1. The number of carbonyl (C=O) groups excluding carboxylic acids is 2. The lowest BCUT2D eigenvalue weighted by molar-refractivity contribution is -0.122. The predicted octanol–water partition coefficient (Wildman–Crippen LogP) is 2.21. The Hall–Kier alpha value is -1.95. The molecule has 0 unspecified atom stereocenters. The van der Waals surface area contributed by atoms with Gasteiger partial charge in [0.15, 0.2) is 0 Å². The zero-order chi connectivity index (χ0) is 15.5. The topological polar surface area (TPSA) is 81.4 Å². The Morgan fingerprint density at radius 2 is 1.95 bits per heavy atom. The summed E-state index contributed by atoms with van der Waals surface area (Å²) in [4.78, 5) is 24.0. The van der Waals surface area contributed by atoms with Crippen molar-refractivity contribution in [3.63, 3.8) is 0 Å². The molecule has 1 amide bonds. The zero-order valence-electron chi connectivity index (χ0n) is 11.9. The molecule has 1 aromatic carbocycles. The van der Waals surface area contributed by atoms with Crippen molar-refractivity contribution >= 4 is 17.6 Å². The van der Waals surface area contributed by atoms with Gasteiger partial charge in [0, 0.05) is 0 Å². The smallest absolute Gasteiger partial charge is 0.340 e. The first kappa shape index (κ1) is 15.4. The SMILES string of the molecule is COC(=O)c1cc(F)ccc1NC(=O)C1(N)CCCCC1. The highest BCUT2D eigenvalue weighted by molar-refractivity contribution is 6.04. The molecule has 114 valence electrons. The number of ether oxygens (including phenoxy) is 1. The summed E-state index contributed by atoms with van der Waals surface area (Å²) in [6.07, 6.45) is 4.08. The Balaban J connectivity index is 2.22. The second-order valence-electron chi connectivity index (χ2n) is 5.35. The molecule has 0 spiro atoms. The van der Waals surface area contributed by atoms with E-state index in [0.717, 1.165) is 25.3 Å². The van der Waals surface area contributed by atoms with Gasteiger partial charge < -0.3 is 15.8 Å². The van der Waals surface area contributed by atoms with Crippen molar-refractivity contribution in [2.24, 2.45) is 5.73 Å². The standard InChI is InChI=1S/C15H19FN2O3/c1-21-13(19)11-9-10(16)5-6-12(11)18-14(20)15(17)7-3-2-4-8-15/h5-6,9H,2-4,7-8,17H2,1H3,(H,18,20). The molecule has 21 heavy (non-hydrogen) atoms. The number of methoxy groups -OCH3 is 1. The monoisotopic (exact) mass is 294 g/mol. The minimum Gasteiger partial charge on any atom is -0.465 e. The van der Waals surface area contributed by atoms with Crippen molar-refractivity contribution < 1.29 is 18.7 Å². The van der Waals surface area contributed by atoms with Gasteiger partial charge in [0.2, 0.25) is 5.91 Å². The molecule has 3 N–H and O–H groups in total. The first-order valence-electron chi connectivity index (χ1n) is 6.94. The minimum absolute atomic E-state index is 0.0229. The van der Waals surface area contributed by atoms with E-state index in [1.807, 2.05) is 0 Å². The van der Waals surface area contributed by atoms with Gasteiger partial charge >= 0.3 is 5.97 Å². The molecule has 0 bridgehead atoms. The number of anilines is 1. The van der Waals surface area contributed by atoms with Gasteiger partial charge in [-0.15, -0.1) is 0 Å². The molecular weight excluding hydrogens is 275 g/mol. The van der Waals surface area contributed by atoms with E-state index in [0.29, 0.717) is 12.8 Å². The van der Waals surface area contributed by atoms with Crippen LogP contribution in [0.1, 0.15) is 42.5 Å². The van der Waals surface area contributed by atoms with Crippen LogP contribution in [-0.4, -0.2) is 24.5 Å². The van der Waals surface area contributed by atoms with E-state index < -0.39 is 17.3 Å². The van der Waals surface area contributed by atoms with E-state index in [1.165, 1.54) is 19.2 Å². The van der Waals surface area contributed by atoms with Crippen molar-refractivity contribution in [2.45, 2.75) is 37.6 Å². The van der Waals surface area contributed by atoms with Gasteiger partial charge in [-0.2, -0.15) is 0 Å². The van der Waals surface area contributed by atoms with Gasteiger partial charge in [-0.1, -0.05) is 19.3 Å². The first-order valence-corrected chi connectivity index (χ1v) is 6.94. The highest BCUT2D eigenvalue weighted by Gasteiger charge is 2.35. The van der Waals surface area contributed by atoms with Crippen molar-refractivity contribution in [3.05, 3.63) is 29.6 Å².